The number of morpholine rings is 1. The fourth-order valence-corrected chi connectivity index (χ4v) is 3.29. The highest BCUT2D eigenvalue weighted by Gasteiger charge is 2.23. The van der Waals surface area contributed by atoms with E-state index in [1.165, 1.54) is 4.31 Å². The number of hydrogen-bond acceptors (Lipinski definition) is 5. The molecule has 7 heteroatoms. The highest BCUT2D eigenvalue weighted by Crippen LogP contribution is 2.07. The summed E-state index contributed by atoms with van der Waals surface area (Å²) in [5, 5.41) is 3.20. The van der Waals surface area contributed by atoms with Gasteiger partial charge in [-0.05, 0) is 24.1 Å². The molecule has 1 saturated heterocycles. The van der Waals surface area contributed by atoms with Crippen LogP contribution < -0.4 is 5.32 Å². The van der Waals surface area contributed by atoms with E-state index in [1.54, 1.807) is 19.4 Å². The number of sulfonamides is 1. The van der Waals surface area contributed by atoms with Crippen molar-refractivity contribution in [1.29, 1.82) is 0 Å². The molecule has 0 aromatic carbocycles. The summed E-state index contributed by atoms with van der Waals surface area (Å²) in [7, 11) is -1.64. The molecule has 1 aromatic heterocycles. The van der Waals surface area contributed by atoms with Crippen LogP contribution in [-0.4, -0.2) is 62.9 Å². The zero-order chi connectivity index (χ0) is 14.4. The fourth-order valence-electron chi connectivity index (χ4n) is 2.09. The van der Waals surface area contributed by atoms with E-state index in [2.05, 4.69) is 10.3 Å². The molecule has 0 amide bonds. The average molecular weight is 299 g/mol. The van der Waals surface area contributed by atoms with Crippen molar-refractivity contribution in [3.05, 3.63) is 30.1 Å². The van der Waals surface area contributed by atoms with Crippen LogP contribution in [0.25, 0.3) is 0 Å². The van der Waals surface area contributed by atoms with Crippen LogP contribution in [0.2, 0.25) is 0 Å². The Hall–Kier alpha value is -1.02. The first kappa shape index (κ1) is 15.4. The van der Waals surface area contributed by atoms with E-state index in [1.807, 2.05) is 12.1 Å². The van der Waals surface area contributed by atoms with Crippen LogP contribution in [0.1, 0.15) is 5.56 Å². The molecule has 20 heavy (non-hydrogen) atoms. The Morgan fingerprint density at radius 3 is 2.85 bits per heavy atom. The van der Waals surface area contributed by atoms with Crippen molar-refractivity contribution < 1.29 is 13.2 Å². The number of aryl methyl sites for hydroxylation is 1. The first-order chi connectivity index (χ1) is 9.58. The van der Waals surface area contributed by atoms with E-state index in [9.17, 15) is 8.42 Å². The summed E-state index contributed by atoms with van der Waals surface area (Å²) in [6.45, 7) is 2.56. The first-order valence-corrected chi connectivity index (χ1v) is 8.34. The lowest BCUT2D eigenvalue weighted by atomic mass is 10.2. The number of aromatic nitrogens is 1. The maximum Gasteiger partial charge on any atom is 0.214 e. The molecule has 1 N–H and O–H groups in total. The maximum atomic E-state index is 12.2. The zero-order valence-electron chi connectivity index (χ0n) is 11.7. The van der Waals surface area contributed by atoms with Gasteiger partial charge in [-0.2, -0.15) is 0 Å². The summed E-state index contributed by atoms with van der Waals surface area (Å²) in [6, 6.07) is 3.67. The number of pyridine rings is 1. The third-order valence-corrected chi connectivity index (χ3v) is 5.16. The van der Waals surface area contributed by atoms with Crippen molar-refractivity contribution in [1.82, 2.24) is 14.6 Å². The highest BCUT2D eigenvalue weighted by molar-refractivity contribution is 7.89. The molecule has 0 aliphatic carbocycles. The second kappa shape index (κ2) is 7.12. The number of hydrogen-bond donors (Lipinski definition) is 1. The molecule has 0 saturated carbocycles. The van der Waals surface area contributed by atoms with Gasteiger partial charge in [0.15, 0.2) is 0 Å². The maximum absolute atomic E-state index is 12.2. The zero-order valence-corrected chi connectivity index (χ0v) is 12.5. The van der Waals surface area contributed by atoms with Crippen LogP contribution in [0, 0.1) is 0 Å². The van der Waals surface area contributed by atoms with E-state index in [0.717, 1.165) is 12.1 Å². The Morgan fingerprint density at radius 2 is 2.20 bits per heavy atom. The van der Waals surface area contributed by atoms with E-state index in [4.69, 9.17) is 4.74 Å². The summed E-state index contributed by atoms with van der Waals surface area (Å²) in [6.07, 6.45) is 3.78. The summed E-state index contributed by atoms with van der Waals surface area (Å²) < 4.78 is 31.3. The van der Waals surface area contributed by atoms with Gasteiger partial charge < -0.3 is 10.1 Å². The molecule has 112 valence electrons. The Balaban J connectivity index is 1.85. The Bertz CT molecular complexity index is 501. The van der Waals surface area contributed by atoms with Gasteiger partial charge in [-0.1, -0.05) is 0 Å². The minimum atomic E-state index is -3.25. The SMILES string of the molecule is CN(CC1CNCCO1)S(=O)(=O)CCc1ccncc1. The van der Waals surface area contributed by atoms with E-state index < -0.39 is 10.0 Å². The largest absolute Gasteiger partial charge is 0.374 e. The van der Waals surface area contributed by atoms with Crippen molar-refractivity contribution in [2.75, 3.05) is 39.0 Å². The monoisotopic (exact) mass is 299 g/mol. The molecular formula is C13H21N3O3S. The Labute approximate surface area is 120 Å². The molecule has 1 unspecified atom stereocenters. The van der Waals surface area contributed by atoms with Gasteiger partial charge in [0.2, 0.25) is 10.0 Å². The number of nitrogens with one attached hydrogen (secondary N) is 1. The third kappa shape index (κ3) is 4.52. The smallest absolute Gasteiger partial charge is 0.214 e. The van der Waals surface area contributed by atoms with Gasteiger partial charge in [0.25, 0.3) is 0 Å². The molecule has 1 aliphatic rings. The van der Waals surface area contributed by atoms with E-state index >= 15 is 0 Å². The fraction of sp³-hybridized carbons (Fsp3) is 0.615. The van der Waals surface area contributed by atoms with Crippen molar-refractivity contribution in [2.24, 2.45) is 0 Å². The molecule has 0 radical (unpaired) electrons. The molecule has 2 rings (SSSR count). The van der Waals surface area contributed by atoms with Crippen LogP contribution in [0.5, 0.6) is 0 Å². The Kier molecular flexibility index (Phi) is 5.47. The normalized spacial score (nSPS) is 20.2. The van der Waals surface area contributed by atoms with Gasteiger partial charge in [0.1, 0.15) is 0 Å². The van der Waals surface area contributed by atoms with Gasteiger partial charge >= 0.3 is 0 Å². The second-order valence-corrected chi connectivity index (χ2v) is 7.09. The Morgan fingerprint density at radius 1 is 1.45 bits per heavy atom. The second-order valence-electron chi connectivity index (χ2n) is 4.90. The van der Waals surface area contributed by atoms with Crippen molar-refractivity contribution in [3.63, 3.8) is 0 Å². The van der Waals surface area contributed by atoms with Crippen molar-refractivity contribution in [2.45, 2.75) is 12.5 Å². The predicted octanol–water partition coefficient (Wildman–Crippen LogP) is -0.126. The van der Waals surface area contributed by atoms with Crippen molar-refractivity contribution >= 4 is 10.0 Å². The lowest BCUT2D eigenvalue weighted by Gasteiger charge is -2.27. The van der Waals surface area contributed by atoms with Crippen LogP contribution in [0.15, 0.2) is 24.5 Å². The molecule has 2 heterocycles. The lowest BCUT2D eigenvalue weighted by Crippen LogP contribution is -2.46. The minimum Gasteiger partial charge on any atom is -0.374 e. The van der Waals surface area contributed by atoms with E-state index in [-0.39, 0.29) is 11.9 Å². The first-order valence-electron chi connectivity index (χ1n) is 6.73. The third-order valence-electron chi connectivity index (χ3n) is 3.34. The van der Waals surface area contributed by atoms with E-state index in [0.29, 0.717) is 26.1 Å². The predicted molar refractivity (Wildman–Crippen MR) is 77.0 cm³/mol. The molecule has 1 fully saturated rings. The van der Waals surface area contributed by atoms with Crippen LogP contribution in [-0.2, 0) is 21.2 Å². The summed E-state index contributed by atoms with van der Waals surface area (Å²) in [5.41, 5.74) is 0.979. The topological polar surface area (TPSA) is 71.5 Å². The quantitative estimate of drug-likeness (QED) is 0.792. The summed E-state index contributed by atoms with van der Waals surface area (Å²) >= 11 is 0. The molecular weight excluding hydrogens is 278 g/mol. The van der Waals surface area contributed by atoms with Gasteiger partial charge in [-0.25, -0.2) is 12.7 Å². The van der Waals surface area contributed by atoms with Crippen LogP contribution in [0.3, 0.4) is 0 Å². The molecule has 1 atom stereocenters. The average Bonchev–Trinajstić information content (AvgIpc) is 2.47. The van der Waals surface area contributed by atoms with Crippen LogP contribution in [0.4, 0.5) is 0 Å². The molecule has 6 nitrogen and oxygen atoms in total. The molecule has 1 aromatic rings. The highest BCUT2D eigenvalue weighted by atomic mass is 32.2. The standard InChI is InChI=1S/C13H21N3O3S/c1-16(11-13-10-15-7-8-19-13)20(17,18)9-4-12-2-5-14-6-3-12/h2-3,5-6,13,15H,4,7-11H2,1H3. The van der Waals surface area contributed by atoms with Gasteiger partial charge in [-0.15, -0.1) is 0 Å². The summed E-state index contributed by atoms with van der Waals surface area (Å²) in [4.78, 5) is 3.92. The number of nitrogens with zero attached hydrogens (tertiary/aromatic N) is 2. The van der Waals surface area contributed by atoms with Gasteiger partial charge in [0, 0.05) is 39.1 Å². The summed E-state index contributed by atoms with van der Waals surface area (Å²) in [5.74, 6) is 0.105. The van der Waals surface area contributed by atoms with Gasteiger partial charge in [0.05, 0.1) is 18.5 Å². The number of rotatable bonds is 6. The molecule has 0 bridgehead atoms. The minimum absolute atomic E-state index is 0.0653. The molecule has 0 spiro atoms. The lowest BCUT2D eigenvalue weighted by molar-refractivity contribution is 0.0206. The molecule has 1 aliphatic heterocycles. The number of ether oxygens (including phenoxy) is 1. The van der Waals surface area contributed by atoms with Crippen LogP contribution >= 0.6 is 0 Å². The number of likely N-dealkylation sites (N-methyl/N-ethyl adjacent to an activating group) is 1. The van der Waals surface area contributed by atoms with Crippen molar-refractivity contribution in [3.8, 4) is 0 Å². The van der Waals surface area contributed by atoms with Gasteiger partial charge in [-0.3, -0.25) is 4.98 Å².